The van der Waals surface area contributed by atoms with Gasteiger partial charge in [0.1, 0.15) is 0 Å². The molecular weight excluding hydrogens is 270 g/mol. The van der Waals surface area contributed by atoms with Crippen LogP contribution < -0.4 is 5.32 Å². The number of hydrogen-bond donors (Lipinski definition) is 1. The van der Waals surface area contributed by atoms with Crippen molar-refractivity contribution < 1.29 is 0 Å². The molecule has 0 amide bonds. The molecule has 3 unspecified atom stereocenters. The molecule has 106 valence electrons. The molecule has 0 spiro atoms. The van der Waals surface area contributed by atoms with Crippen LogP contribution in [0, 0.1) is 13.8 Å². The summed E-state index contributed by atoms with van der Waals surface area (Å²) in [6.45, 7) is 6.73. The van der Waals surface area contributed by atoms with E-state index in [1.54, 1.807) is 0 Å². The summed E-state index contributed by atoms with van der Waals surface area (Å²) in [6.07, 6.45) is 1.27. The van der Waals surface area contributed by atoms with Gasteiger partial charge in [-0.25, -0.2) is 0 Å². The Bertz CT molecular complexity index is 419. The molecule has 1 nitrogen and oxygen atoms in total. The van der Waals surface area contributed by atoms with E-state index in [9.17, 15) is 0 Å². The van der Waals surface area contributed by atoms with Gasteiger partial charge in [-0.1, -0.05) is 25.1 Å². The fraction of sp³-hybridized carbons (Fsp3) is 0.625. The van der Waals surface area contributed by atoms with Gasteiger partial charge in [-0.05, 0) is 44.0 Å². The third-order valence-corrected chi connectivity index (χ3v) is 7.37. The number of aryl methyl sites for hydroxylation is 2. The number of rotatable bonds is 4. The van der Waals surface area contributed by atoms with Gasteiger partial charge in [0.15, 0.2) is 0 Å². The Morgan fingerprint density at radius 1 is 1.21 bits per heavy atom. The van der Waals surface area contributed by atoms with E-state index in [0.717, 1.165) is 5.25 Å². The minimum Gasteiger partial charge on any atom is -0.312 e. The van der Waals surface area contributed by atoms with E-state index < -0.39 is 0 Å². The molecule has 0 aliphatic carbocycles. The Balaban J connectivity index is 2.24. The molecule has 3 atom stereocenters. The van der Waals surface area contributed by atoms with E-state index in [2.05, 4.69) is 74.9 Å². The first-order valence-corrected chi connectivity index (χ1v) is 9.24. The van der Waals surface area contributed by atoms with Crippen LogP contribution in [0.15, 0.2) is 18.2 Å². The van der Waals surface area contributed by atoms with Crippen molar-refractivity contribution in [3.8, 4) is 0 Å². The Hall–Kier alpha value is -0.120. The van der Waals surface area contributed by atoms with Gasteiger partial charge in [0.25, 0.3) is 0 Å². The lowest BCUT2D eigenvalue weighted by atomic mass is 9.97. The maximum Gasteiger partial charge on any atom is 0.0449 e. The highest BCUT2D eigenvalue weighted by Crippen LogP contribution is 2.40. The van der Waals surface area contributed by atoms with Crippen molar-refractivity contribution in [3.05, 3.63) is 34.9 Å². The molecule has 0 saturated carbocycles. The van der Waals surface area contributed by atoms with E-state index in [0.29, 0.717) is 11.3 Å². The highest BCUT2D eigenvalue weighted by atomic mass is 32.2. The molecule has 1 aromatic rings. The lowest BCUT2D eigenvalue weighted by Crippen LogP contribution is -2.37. The Kier molecular flexibility index (Phi) is 5.67. The van der Waals surface area contributed by atoms with Crippen molar-refractivity contribution in [2.24, 2.45) is 0 Å². The highest BCUT2D eigenvalue weighted by Gasteiger charge is 2.32. The average Bonchev–Trinajstić information content (AvgIpc) is 2.44. The molecule has 1 aliphatic rings. The van der Waals surface area contributed by atoms with Crippen LogP contribution in [-0.4, -0.2) is 29.1 Å². The number of hydrogen-bond acceptors (Lipinski definition) is 3. The zero-order chi connectivity index (χ0) is 13.8. The third-order valence-electron chi connectivity index (χ3n) is 4.02. The summed E-state index contributed by atoms with van der Waals surface area (Å²) < 4.78 is 0. The van der Waals surface area contributed by atoms with Crippen LogP contribution in [0.5, 0.6) is 0 Å². The molecule has 1 aliphatic heterocycles. The molecule has 0 aromatic heterocycles. The summed E-state index contributed by atoms with van der Waals surface area (Å²) in [5, 5.41) is 5.03. The van der Waals surface area contributed by atoms with Gasteiger partial charge in [0.05, 0.1) is 0 Å². The first kappa shape index (κ1) is 15.3. The molecule has 0 radical (unpaired) electrons. The van der Waals surface area contributed by atoms with Gasteiger partial charge in [0.2, 0.25) is 0 Å². The number of thioether (sulfide) groups is 2. The van der Waals surface area contributed by atoms with E-state index in [1.807, 2.05) is 0 Å². The van der Waals surface area contributed by atoms with Crippen LogP contribution in [0.25, 0.3) is 0 Å². The van der Waals surface area contributed by atoms with Gasteiger partial charge in [-0.2, -0.15) is 23.5 Å². The summed E-state index contributed by atoms with van der Waals surface area (Å²) >= 11 is 4.31. The Morgan fingerprint density at radius 3 is 2.58 bits per heavy atom. The first-order valence-electron chi connectivity index (χ1n) is 7.15. The van der Waals surface area contributed by atoms with Crippen LogP contribution in [-0.2, 0) is 0 Å². The predicted molar refractivity (Wildman–Crippen MR) is 90.5 cm³/mol. The van der Waals surface area contributed by atoms with Gasteiger partial charge >= 0.3 is 0 Å². The molecule has 1 N–H and O–H groups in total. The number of benzene rings is 1. The summed E-state index contributed by atoms with van der Waals surface area (Å²) in [5.74, 6) is 2.60. The normalized spacial score (nSPS) is 25.3. The molecule has 1 aromatic carbocycles. The van der Waals surface area contributed by atoms with Gasteiger partial charge < -0.3 is 5.32 Å². The standard InChI is InChI=1S/C16H25NS2/c1-5-14-16(19-9-8-18-14)15(17-4)13-7-6-11(2)12(3)10-13/h6-7,10,14-17H,5,8-9H2,1-4H3. The zero-order valence-corrected chi connectivity index (χ0v) is 14.0. The van der Waals surface area contributed by atoms with Crippen molar-refractivity contribution in [2.75, 3.05) is 18.6 Å². The van der Waals surface area contributed by atoms with Crippen molar-refractivity contribution in [1.82, 2.24) is 5.32 Å². The second kappa shape index (κ2) is 7.05. The maximum atomic E-state index is 3.56. The Labute approximate surface area is 126 Å². The fourth-order valence-electron chi connectivity index (χ4n) is 2.73. The molecule has 1 fully saturated rings. The van der Waals surface area contributed by atoms with E-state index in [1.165, 1.54) is 34.6 Å². The van der Waals surface area contributed by atoms with Crippen LogP contribution in [0.3, 0.4) is 0 Å². The van der Waals surface area contributed by atoms with Crippen molar-refractivity contribution in [3.63, 3.8) is 0 Å². The Morgan fingerprint density at radius 2 is 1.95 bits per heavy atom. The zero-order valence-electron chi connectivity index (χ0n) is 12.4. The summed E-state index contributed by atoms with van der Waals surface area (Å²) in [7, 11) is 2.10. The topological polar surface area (TPSA) is 12.0 Å². The fourth-order valence-corrected chi connectivity index (χ4v) is 6.02. The second-order valence-corrected chi connectivity index (χ2v) is 7.90. The maximum absolute atomic E-state index is 3.56. The molecule has 1 heterocycles. The molecule has 0 bridgehead atoms. The van der Waals surface area contributed by atoms with Crippen LogP contribution in [0.1, 0.15) is 36.1 Å². The van der Waals surface area contributed by atoms with Gasteiger partial charge in [-0.15, -0.1) is 0 Å². The van der Waals surface area contributed by atoms with Crippen LogP contribution >= 0.6 is 23.5 Å². The SMILES string of the molecule is CCC1SCCSC1C(NC)c1ccc(C)c(C)c1. The molecular formula is C16H25NS2. The number of nitrogens with one attached hydrogen (secondary N) is 1. The van der Waals surface area contributed by atoms with Crippen molar-refractivity contribution in [1.29, 1.82) is 0 Å². The minimum atomic E-state index is 0.474. The largest absolute Gasteiger partial charge is 0.312 e. The quantitative estimate of drug-likeness (QED) is 0.894. The average molecular weight is 296 g/mol. The predicted octanol–water partition coefficient (Wildman–Crippen LogP) is 4.19. The van der Waals surface area contributed by atoms with E-state index in [-0.39, 0.29) is 0 Å². The highest BCUT2D eigenvalue weighted by molar-refractivity contribution is 8.07. The lowest BCUT2D eigenvalue weighted by Gasteiger charge is -2.36. The van der Waals surface area contributed by atoms with Gasteiger partial charge in [-0.3, -0.25) is 0 Å². The third kappa shape index (κ3) is 3.50. The second-order valence-electron chi connectivity index (χ2n) is 5.26. The summed E-state index contributed by atoms with van der Waals surface area (Å²) in [4.78, 5) is 0. The van der Waals surface area contributed by atoms with Crippen LogP contribution in [0.2, 0.25) is 0 Å². The summed E-state index contributed by atoms with van der Waals surface area (Å²) in [5.41, 5.74) is 4.24. The minimum absolute atomic E-state index is 0.474. The van der Waals surface area contributed by atoms with Crippen LogP contribution in [0.4, 0.5) is 0 Å². The lowest BCUT2D eigenvalue weighted by molar-refractivity contribution is 0.543. The van der Waals surface area contributed by atoms with Crippen molar-refractivity contribution in [2.45, 2.75) is 43.7 Å². The first-order chi connectivity index (χ1) is 9.17. The molecule has 19 heavy (non-hydrogen) atoms. The molecule has 2 rings (SSSR count). The van der Waals surface area contributed by atoms with E-state index >= 15 is 0 Å². The monoisotopic (exact) mass is 295 g/mol. The van der Waals surface area contributed by atoms with Gasteiger partial charge in [0, 0.05) is 28.0 Å². The van der Waals surface area contributed by atoms with Crippen molar-refractivity contribution >= 4 is 23.5 Å². The molecule has 1 saturated heterocycles. The molecule has 3 heteroatoms. The smallest absolute Gasteiger partial charge is 0.0449 e. The van der Waals surface area contributed by atoms with E-state index in [4.69, 9.17) is 0 Å². The summed E-state index contributed by atoms with van der Waals surface area (Å²) in [6, 6.07) is 7.40.